The van der Waals surface area contributed by atoms with Crippen LogP contribution in [0.15, 0.2) is 18.2 Å². The second kappa shape index (κ2) is 5.76. The molecule has 1 amide bonds. The molecule has 5 heteroatoms. The van der Waals surface area contributed by atoms with Gasteiger partial charge in [-0.1, -0.05) is 13.8 Å². The third-order valence-corrected chi connectivity index (χ3v) is 3.31. The number of rotatable bonds is 4. The zero-order valence-corrected chi connectivity index (χ0v) is 12.9. The lowest BCUT2D eigenvalue weighted by atomic mass is 9.79. The van der Waals surface area contributed by atoms with Gasteiger partial charge >= 0.3 is 5.97 Å². The zero-order chi connectivity index (χ0) is 15.6. The molecule has 1 N–H and O–H groups in total. The molecule has 1 aliphatic heterocycles. The van der Waals surface area contributed by atoms with Crippen molar-refractivity contribution in [1.82, 2.24) is 5.32 Å². The Morgan fingerprint density at radius 3 is 2.81 bits per heavy atom. The Balaban J connectivity index is 2.11. The van der Waals surface area contributed by atoms with Crippen LogP contribution in [0, 0.1) is 0 Å². The van der Waals surface area contributed by atoms with E-state index < -0.39 is 0 Å². The van der Waals surface area contributed by atoms with Gasteiger partial charge in [0.15, 0.2) is 6.61 Å². The Kier molecular flexibility index (Phi) is 4.21. The predicted molar refractivity (Wildman–Crippen MR) is 78.5 cm³/mol. The fourth-order valence-corrected chi connectivity index (χ4v) is 2.34. The maximum absolute atomic E-state index is 11.6. The van der Waals surface area contributed by atoms with E-state index in [0.29, 0.717) is 17.9 Å². The minimum Gasteiger partial charge on any atom is -0.484 e. The molecule has 1 aromatic carbocycles. The van der Waals surface area contributed by atoms with Crippen molar-refractivity contribution in [1.29, 1.82) is 0 Å². The number of fused-ring (bicyclic) bond motifs is 1. The number of carbonyl (C=O) groups excluding carboxylic acids is 2. The topological polar surface area (TPSA) is 64.6 Å². The van der Waals surface area contributed by atoms with Crippen molar-refractivity contribution in [2.45, 2.75) is 45.6 Å². The van der Waals surface area contributed by atoms with Crippen molar-refractivity contribution < 1.29 is 19.1 Å². The van der Waals surface area contributed by atoms with Crippen LogP contribution in [0.2, 0.25) is 0 Å². The van der Waals surface area contributed by atoms with Gasteiger partial charge in [0.2, 0.25) is 0 Å². The maximum Gasteiger partial charge on any atom is 0.312 e. The number of benzene rings is 1. The van der Waals surface area contributed by atoms with Crippen molar-refractivity contribution in [3.8, 4) is 11.5 Å². The highest BCUT2D eigenvalue weighted by molar-refractivity contribution is 5.78. The van der Waals surface area contributed by atoms with Gasteiger partial charge in [-0.2, -0.15) is 0 Å². The SMILES string of the molecule is CC(C)NC(=O)COc1ccc2c(c1)C(C)(C)CC(=O)O2. The van der Waals surface area contributed by atoms with E-state index in [1.165, 1.54) is 0 Å². The lowest BCUT2D eigenvalue weighted by Crippen LogP contribution is -2.34. The molecule has 0 saturated carbocycles. The van der Waals surface area contributed by atoms with Crippen LogP contribution in [-0.4, -0.2) is 24.5 Å². The summed E-state index contributed by atoms with van der Waals surface area (Å²) in [5, 5.41) is 2.76. The zero-order valence-electron chi connectivity index (χ0n) is 12.9. The molecular formula is C16H21NO4. The highest BCUT2D eigenvalue weighted by atomic mass is 16.5. The summed E-state index contributed by atoms with van der Waals surface area (Å²) in [5.74, 6) is 0.778. The molecule has 0 unspecified atom stereocenters. The van der Waals surface area contributed by atoms with E-state index in [9.17, 15) is 9.59 Å². The van der Waals surface area contributed by atoms with Gasteiger partial charge < -0.3 is 14.8 Å². The lowest BCUT2D eigenvalue weighted by Gasteiger charge is -2.31. The normalized spacial score (nSPS) is 16.1. The van der Waals surface area contributed by atoms with Crippen LogP contribution in [0.4, 0.5) is 0 Å². The predicted octanol–water partition coefficient (Wildman–Crippen LogP) is 2.18. The Morgan fingerprint density at radius 1 is 1.43 bits per heavy atom. The number of amides is 1. The third-order valence-electron chi connectivity index (χ3n) is 3.31. The van der Waals surface area contributed by atoms with Crippen molar-refractivity contribution >= 4 is 11.9 Å². The van der Waals surface area contributed by atoms with Gasteiger partial charge in [0.05, 0.1) is 6.42 Å². The standard InChI is InChI=1S/C16H21NO4/c1-10(2)17-14(18)9-20-11-5-6-13-12(7-11)16(3,4)8-15(19)21-13/h5-7,10H,8-9H2,1-4H3,(H,17,18). The number of ether oxygens (including phenoxy) is 2. The van der Waals surface area contributed by atoms with Crippen LogP contribution in [-0.2, 0) is 15.0 Å². The molecule has 0 bridgehead atoms. The summed E-state index contributed by atoms with van der Waals surface area (Å²) in [6, 6.07) is 5.34. The quantitative estimate of drug-likeness (QED) is 0.682. The van der Waals surface area contributed by atoms with E-state index in [1.807, 2.05) is 33.8 Å². The lowest BCUT2D eigenvalue weighted by molar-refractivity contribution is -0.137. The van der Waals surface area contributed by atoms with E-state index in [1.54, 1.807) is 12.1 Å². The highest BCUT2D eigenvalue weighted by Gasteiger charge is 2.34. The molecule has 0 aliphatic carbocycles. The van der Waals surface area contributed by atoms with Gasteiger partial charge in [-0.05, 0) is 32.0 Å². The van der Waals surface area contributed by atoms with Crippen LogP contribution in [0.25, 0.3) is 0 Å². The Labute approximate surface area is 124 Å². The summed E-state index contributed by atoms with van der Waals surface area (Å²) < 4.78 is 10.7. The fourth-order valence-electron chi connectivity index (χ4n) is 2.34. The van der Waals surface area contributed by atoms with Crippen LogP contribution in [0.5, 0.6) is 11.5 Å². The molecule has 5 nitrogen and oxygen atoms in total. The molecule has 0 saturated heterocycles. The second-order valence-corrected chi connectivity index (χ2v) is 6.20. The number of hydrogen-bond donors (Lipinski definition) is 1. The Bertz CT molecular complexity index is 563. The van der Waals surface area contributed by atoms with Gasteiger partial charge in [-0.25, -0.2) is 0 Å². The molecule has 21 heavy (non-hydrogen) atoms. The number of carbonyl (C=O) groups is 2. The molecule has 0 aromatic heterocycles. The van der Waals surface area contributed by atoms with Crippen molar-refractivity contribution in [2.75, 3.05) is 6.61 Å². The number of esters is 1. The summed E-state index contributed by atoms with van der Waals surface area (Å²) in [6.07, 6.45) is 0.331. The minimum absolute atomic E-state index is 0.0306. The average Bonchev–Trinajstić information content (AvgIpc) is 2.34. The molecule has 0 radical (unpaired) electrons. The van der Waals surface area contributed by atoms with Crippen molar-refractivity contribution in [2.24, 2.45) is 0 Å². The average molecular weight is 291 g/mol. The minimum atomic E-state index is -0.301. The van der Waals surface area contributed by atoms with Gasteiger partial charge in [-0.3, -0.25) is 9.59 Å². The molecule has 2 rings (SSSR count). The van der Waals surface area contributed by atoms with E-state index in [2.05, 4.69) is 5.32 Å². The first-order valence-electron chi connectivity index (χ1n) is 7.05. The summed E-state index contributed by atoms with van der Waals surface area (Å²) in [5.41, 5.74) is 0.619. The van der Waals surface area contributed by atoms with Crippen molar-refractivity contribution in [3.63, 3.8) is 0 Å². The maximum atomic E-state index is 11.6. The number of hydrogen-bond acceptors (Lipinski definition) is 4. The first-order chi connectivity index (χ1) is 9.78. The fraction of sp³-hybridized carbons (Fsp3) is 0.500. The largest absolute Gasteiger partial charge is 0.484 e. The Hall–Kier alpha value is -2.04. The molecule has 1 heterocycles. The monoisotopic (exact) mass is 291 g/mol. The first-order valence-corrected chi connectivity index (χ1v) is 7.05. The molecule has 0 atom stereocenters. The van der Waals surface area contributed by atoms with Gasteiger partial charge in [0.25, 0.3) is 5.91 Å². The highest BCUT2D eigenvalue weighted by Crippen LogP contribution is 2.40. The van der Waals surface area contributed by atoms with Crippen LogP contribution >= 0.6 is 0 Å². The molecule has 1 aromatic rings. The summed E-state index contributed by atoms with van der Waals surface area (Å²) in [4.78, 5) is 23.1. The van der Waals surface area contributed by atoms with E-state index in [-0.39, 0.29) is 29.9 Å². The summed E-state index contributed by atoms with van der Waals surface area (Å²) >= 11 is 0. The van der Waals surface area contributed by atoms with Crippen LogP contribution < -0.4 is 14.8 Å². The van der Waals surface area contributed by atoms with Crippen molar-refractivity contribution in [3.05, 3.63) is 23.8 Å². The van der Waals surface area contributed by atoms with Gasteiger partial charge in [0.1, 0.15) is 11.5 Å². The van der Waals surface area contributed by atoms with Gasteiger partial charge in [0, 0.05) is 17.0 Å². The van der Waals surface area contributed by atoms with Crippen LogP contribution in [0.1, 0.15) is 39.7 Å². The molecule has 0 fully saturated rings. The van der Waals surface area contributed by atoms with E-state index >= 15 is 0 Å². The molecule has 0 spiro atoms. The smallest absolute Gasteiger partial charge is 0.312 e. The van der Waals surface area contributed by atoms with Crippen LogP contribution in [0.3, 0.4) is 0 Å². The third kappa shape index (κ3) is 3.74. The molecular weight excluding hydrogens is 270 g/mol. The second-order valence-electron chi connectivity index (χ2n) is 6.20. The Morgan fingerprint density at radius 2 is 2.14 bits per heavy atom. The van der Waals surface area contributed by atoms with E-state index in [0.717, 1.165) is 5.56 Å². The molecule has 1 aliphatic rings. The summed E-state index contributed by atoms with van der Waals surface area (Å²) in [7, 11) is 0. The van der Waals surface area contributed by atoms with E-state index in [4.69, 9.17) is 9.47 Å². The number of nitrogens with one attached hydrogen (secondary N) is 1. The molecule has 114 valence electrons. The van der Waals surface area contributed by atoms with Gasteiger partial charge in [-0.15, -0.1) is 0 Å². The first kappa shape index (κ1) is 15.4. The summed E-state index contributed by atoms with van der Waals surface area (Å²) in [6.45, 7) is 7.74.